The molecular formula is C43H45N5O5. The predicted molar refractivity (Wildman–Crippen MR) is 200 cm³/mol. The van der Waals surface area contributed by atoms with E-state index in [4.69, 9.17) is 9.26 Å². The molecule has 4 aromatic rings. The Morgan fingerprint density at radius 3 is 2.40 bits per heavy atom. The zero-order chi connectivity index (χ0) is 36.9. The van der Waals surface area contributed by atoms with Crippen molar-refractivity contribution in [3.8, 4) is 22.9 Å². The van der Waals surface area contributed by atoms with Gasteiger partial charge in [-0.2, -0.15) is 5.26 Å². The summed E-state index contributed by atoms with van der Waals surface area (Å²) >= 11 is 0. The summed E-state index contributed by atoms with van der Waals surface area (Å²) in [6.07, 6.45) is 6.72. The van der Waals surface area contributed by atoms with Gasteiger partial charge in [-0.05, 0) is 136 Å². The summed E-state index contributed by atoms with van der Waals surface area (Å²) in [7, 11) is 0. The van der Waals surface area contributed by atoms with Gasteiger partial charge in [-0.15, -0.1) is 0 Å². The van der Waals surface area contributed by atoms with Gasteiger partial charge in [0.1, 0.15) is 17.6 Å². The number of carbonyl (C=O) groups excluding carboxylic acids is 3. The third kappa shape index (κ3) is 6.69. The number of anilines is 2. The highest BCUT2D eigenvalue weighted by atomic mass is 16.5. The Morgan fingerprint density at radius 2 is 1.72 bits per heavy atom. The highest BCUT2D eigenvalue weighted by Gasteiger charge is 2.45. The Balaban J connectivity index is 0.937. The Hall–Kier alpha value is -5.43. The molecule has 53 heavy (non-hydrogen) atoms. The normalized spacial score (nSPS) is 21.9. The summed E-state index contributed by atoms with van der Waals surface area (Å²) in [5.41, 5.74) is 8.70. The minimum Gasteiger partial charge on any atom is -0.493 e. The number of benzene rings is 3. The molecule has 2 aliphatic carbocycles. The van der Waals surface area contributed by atoms with Crippen LogP contribution in [-0.4, -0.2) is 47.0 Å². The van der Waals surface area contributed by atoms with Crippen LogP contribution in [0.15, 0.2) is 65.2 Å². The molecule has 2 aliphatic heterocycles. The fourth-order valence-electron chi connectivity index (χ4n) is 8.54. The van der Waals surface area contributed by atoms with Crippen LogP contribution in [0.1, 0.15) is 89.9 Å². The van der Waals surface area contributed by atoms with E-state index in [0.717, 1.165) is 95.9 Å². The molecule has 272 valence electrons. The summed E-state index contributed by atoms with van der Waals surface area (Å²) in [6.45, 7) is 7.93. The average Bonchev–Trinajstić information content (AvgIpc) is 3.81. The van der Waals surface area contributed by atoms with Gasteiger partial charge in [0.05, 0.1) is 23.8 Å². The fraction of sp³-hybridized carbons (Fsp3) is 0.419. The largest absolute Gasteiger partial charge is 0.493 e. The van der Waals surface area contributed by atoms with Gasteiger partial charge in [0.2, 0.25) is 11.8 Å². The second-order valence-corrected chi connectivity index (χ2v) is 15.5. The van der Waals surface area contributed by atoms with Crippen LogP contribution < -0.4 is 15.0 Å². The van der Waals surface area contributed by atoms with Crippen molar-refractivity contribution in [2.75, 3.05) is 18.1 Å². The molecule has 3 heterocycles. The number of aromatic nitrogens is 1. The number of nitrogens with one attached hydrogen (secondary N) is 1. The first-order chi connectivity index (χ1) is 25.6. The third-order valence-electron chi connectivity index (χ3n) is 11.9. The third-order valence-corrected chi connectivity index (χ3v) is 11.9. The quantitative estimate of drug-likeness (QED) is 0.167. The van der Waals surface area contributed by atoms with Crippen molar-refractivity contribution < 1.29 is 23.6 Å². The van der Waals surface area contributed by atoms with E-state index in [1.807, 2.05) is 26.0 Å². The molecule has 10 heteroatoms. The van der Waals surface area contributed by atoms with Gasteiger partial charge in [-0.25, -0.2) is 0 Å². The van der Waals surface area contributed by atoms with E-state index in [9.17, 15) is 19.6 Å². The summed E-state index contributed by atoms with van der Waals surface area (Å²) in [5, 5.41) is 16.4. The number of nitriles is 1. The van der Waals surface area contributed by atoms with E-state index in [2.05, 4.69) is 70.8 Å². The number of ether oxygens (including phenoxy) is 1. The Kier molecular flexibility index (Phi) is 9.05. The second-order valence-electron chi connectivity index (χ2n) is 15.5. The van der Waals surface area contributed by atoms with E-state index >= 15 is 0 Å². The average molecular weight is 712 g/mol. The molecule has 0 radical (unpaired) electrons. The first-order valence-corrected chi connectivity index (χ1v) is 18.9. The van der Waals surface area contributed by atoms with Crippen molar-refractivity contribution in [2.24, 2.45) is 11.8 Å². The maximum Gasteiger partial charge on any atom is 0.255 e. The number of rotatable bonds is 10. The molecule has 1 aromatic heterocycles. The van der Waals surface area contributed by atoms with Gasteiger partial charge in [-0.1, -0.05) is 29.4 Å². The molecule has 0 bridgehead atoms. The van der Waals surface area contributed by atoms with Crippen LogP contribution in [0.4, 0.5) is 11.4 Å². The standard InChI is InChI=1S/C43H45N5O5/c1-26-4-9-31(40-27(2)46-53-28(40)3)21-38(26)47(34-12-10-33(11-13-34)43(25-44)18-19-43)22-29-5-7-30(8-6-29)24-52-35-14-15-36-32(20-35)23-48(42(36)51)37-16-17-39(49)45-41(37)50/h4,9-15,20-21,29-30,37H,5-8,16-19,22-24H2,1-3H3,(H,45,49,50). The van der Waals surface area contributed by atoms with E-state index < -0.39 is 11.9 Å². The highest BCUT2D eigenvalue weighted by Crippen LogP contribution is 2.48. The van der Waals surface area contributed by atoms with Crippen LogP contribution in [0.3, 0.4) is 0 Å². The van der Waals surface area contributed by atoms with E-state index in [0.29, 0.717) is 37.0 Å². The lowest BCUT2D eigenvalue weighted by Gasteiger charge is -2.35. The molecule has 1 N–H and O–H groups in total. The Bertz CT molecular complexity index is 2100. The Labute approximate surface area is 310 Å². The molecule has 3 fully saturated rings. The first kappa shape index (κ1) is 34.6. The minimum atomic E-state index is -0.629. The summed E-state index contributed by atoms with van der Waals surface area (Å²) in [5.74, 6) is 1.59. The number of amides is 3. The van der Waals surface area contributed by atoms with Gasteiger partial charge in [-0.3, -0.25) is 19.7 Å². The molecule has 2 saturated carbocycles. The van der Waals surface area contributed by atoms with Crippen molar-refractivity contribution in [1.29, 1.82) is 5.26 Å². The monoisotopic (exact) mass is 711 g/mol. The molecule has 8 rings (SSSR count). The summed E-state index contributed by atoms with van der Waals surface area (Å²) in [6, 6.07) is 22.7. The molecule has 4 aliphatic rings. The number of nitrogens with zero attached hydrogens (tertiary/aromatic N) is 4. The Morgan fingerprint density at radius 1 is 0.962 bits per heavy atom. The van der Waals surface area contributed by atoms with Crippen molar-refractivity contribution in [1.82, 2.24) is 15.4 Å². The van der Waals surface area contributed by atoms with E-state index in [-0.39, 0.29) is 23.7 Å². The van der Waals surface area contributed by atoms with Gasteiger partial charge < -0.3 is 19.1 Å². The number of hydrogen-bond acceptors (Lipinski definition) is 8. The minimum absolute atomic E-state index is 0.177. The maximum absolute atomic E-state index is 13.1. The molecule has 10 nitrogen and oxygen atoms in total. The molecule has 0 spiro atoms. The van der Waals surface area contributed by atoms with Gasteiger partial charge in [0.15, 0.2) is 0 Å². The van der Waals surface area contributed by atoms with Crippen LogP contribution in [0, 0.1) is 43.9 Å². The fourth-order valence-corrected chi connectivity index (χ4v) is 8.54. The van der Waals surface area contributed by atoms with E-state index in [1.54, 1.807) is 11.0 Å². The lowest BCUT2D eigenvalue weighted by Crippen LogP contribution is -2.52. The van der Waals surface area contributed by atoms with Crippen molar-refractivity contribution >= 4 is 29.1 Å². The smallest absolute Gasteiger partial charge is 0.255 e. The lowest BCUT2D eigenvalue weighted by atomic mass is 9.82. The molecule has 3 aromatic carbocycles. The number of fused-ring (bicyclic) bond motifs is 1. The number of hydrogen-bond donors (Lipinski definition) is 1. The molecule has 1 atom stereocenters. The van der Waals surface area contributed by atoms with Crippen LogP contribution in [0.25, 0.3) is 11.1 Å². The van der Waals surface area contributed by atoms with Crippen LogP contribution in [0.2, 0.25) is 0 Å². The van der Waals surface area contributed by atoms with Crippen LogP contribution in [0.5, 0.6) is 5.75 Å². The predicted octanol–water partition coefficient (Wildman–Crippen LogP) is 7.61. The van der Waals surface area contributed by atoms with Crippen molar-refractivity contribution in [3.63, 3.8) is 0 Å². The van der Waals surface area contributed by atoms with Crippen molar-refractivity contribution in [3.05, 3.63) is 94.4 Å². The van der Waals surface area contributed by atoms with E-state index in [1.165, 1.54) is 5.56 Å². The molecule has 1 saturated heterocycles. The summed E-state index contributed by atoms with van der Waals surface area (Å²) < 4.78 is 11.8. The lowest BCUT2D eigenvalue weighted by molar-refractivity contribution is -0.136. The highest BCUT2D eigenvalue weighted by molar-refractivity contribution is 6.05. The number of imide groups is 1. The van der Waals surface area contributed by atoms with Gasteiger partial charge in [0, 0.05) is 42.0 Å². The molecule has 3 amide bonds. The van der Waals surface area contributed by atoms with Crippen LogP contribution >= 0.6 is 0 Å². The first-order valence-electron chi connectivity index (χ1n) is 18.9. The molecule has 1 unspecified atom stereocenters. The number of carbonyl (C=O) groups is 3. The van der Waals surface area contributed by atoms with Crippen molar-refractivity contribution in [2.45, 2.75) is 90.1 Å². The van der Waals surface area contributed by atoms with Gasteiger partial charge >= 0.3 is 0 Å². The zero-order valence-corrected chi connectivity index (χ0v) is 30.6. The van der Waals surface area contributed by atoms with Crippen LogP contribution in [-0.2, 0) is 21.5 Å². The van der Waals surface area contributed by atoms with Gasteiger partial charge in [0.25, 0.3) is 5.91 Å². The number of aryl methyl sites for hydroxylation is 3. The second kappa shape index (κ2) is 13.8. The number of piperidine rings is 1. The summed E-state index contributed by atoms with van der Waals surface area (Å²) in [4.78, 5) is 41.2. The SMILES string of the molecule is Cc1ccc(-c2c(C)noc2C)cc1N(CC1CCC(COc2ccc3c(c2)CN(C2CCC(=O)NC2=O)C3=O)CC1)c1ccc(C2(C#N)CC2)cc1. The maximum atomic E-state index is 13.1. The zero-order valence-electron chi connectivity index (χ0n) is 30.6. The molecular weight excluding hydrogens is 667 g/mol. The topological polar surface area (TPSA) is 129 Å².